The molecule has 1 saturated heterocycles. The second-order valence-corrected chi connectivity index (χ2v) is 7.69. The molecule has 24 heavy (non-hydrogen) atoms. The van der Waals surface area contributed by atoms with E-state index < -0.39 is 17.6 Å². The van der Waals surface area contributed by atoms with E-state index in [1.807, 2.05) is 30.3 Å². The Morgan fingerprint density at radius 2 is 1.92 bits per heavy atom. The van der Waals surface area contributed by atoms with Crippen molar-refractivity contribution >= 4 is 12.1 Å². The summed E-state index contributed by atoms with van der Waals surface area (Å²) in [4.78, 5) is 25.9. The molecule has 0 saturated carbocycles. The lowest BCUT2D eigenvalue weighted by atomic mass is 9.82. The average Bonchev–Trinajstić information content (AvgIpc) is 2.96. The van der Waals surface area contributed by atoms with Gasteiger partial charge >= 0.3 is 12.1 Å². The van der Waals surface area contributed by atoms with E-state index in [9.17, 15) is 14.7 Å². The average molecular weight is 333 g/mol. The van der Waals surface area contributed by atoms with Crippen molar-refractivity contribution in [3.63, 3.8) is 0 Å². The van der Waals surface area contributed by atoms with Gasteiger partial charge in [0.25, 0.3) is 0 Å². The lowest BCUT2D eigenvalue weighted by Gasteiger charge is -2.35. The molecule has 1 heterocycles. The van der Waals surface area contributed by atoms with Crippen molar-refractivity contribution in [2.75, 3.05) is 6.54 Å². The van der Waals surface area contributed by atoms with Crippen LogP contribution < -0.4 is 0 Å². The van der Waals surface area contributed by atoms with Gasteiger partial charge in [0.15, 0.2) is 0 Å². The highest BCUT2D eigenvalue weighted by molar-refractivity contribution is 5.85. The van der Waals surface area contributed by atoms with E-state index in [0.717, 1.165) is 12.0 Å². The van der Waals surface area contributed by atoms with E-state index in [0.29, 0.717) is 25.8 Å². The molecule has 5 heteroatoms. The number of aliphatic carboxylic acids is 1. The van der Waals surface area contributed by atoms with Gasteiger partial charge in [-0.2, -0.15) is 0 Å². The molecule has 1 aromatic rings. The molecule has 1 atom stereocenters. The van der Waals surface area contributed by atoms with E-state index in [1.165, 1.54) is 4.90 Å². The van der Waals surface area contributed by atoms with Crippen LogP contribution in [0.5, 0.6) is 0 Å². The number of rotatable bonds is 5. The van der Waals surface area contributed by atoms with Crippen molar-refractivity contribution in [1.29, 1.82) is 0 Å². The van der Waals surface area contributed by atoms with E-state index in [4.69, 9.17) is 4.74 Å². The van der Waals surface area contributed by atoms with Crippen molar-refractivity contribution < 1.29 is 19.4 Å². The van der Waals surface area contributed by atoms with Gasteiger partial charge in [0, 0.05) is 6.54 Å². The monoisotopic (exact) mass is 333 g/mol. The zero-order chi connectivity index (χ0) is 17.8. The first-order chi connectivity index (χ1) is 11.2. The van der Waals surface area contributed by atoms with Crippen LogP contribution in [0.4, 0.5) is 4.79 Å². The molecule has 0 aromatic heterocycles. The molecule has 1 aliphatic rings. The van der Waals surface area contributed by atoms with Crippen LogP contribution in [0, 0.1) is 5.41 Å². The number of benzene rings is 1. The summed E-state index contributed by atoms with van der Waals surface area (Å²) in [5.41, 5.74) is -0.230. The minimum absolute atomic E-state index is 0.0185. The molecule has 1 unspecified atom stereocenters. The Morgan fingerprint density at radius 3 is 2.50 bits per heavy atom. The summed E-state index contributed by atoms with van der Waals surface area (Å²) in [5, 5.41) is 9.82. The van der Waals surface area contributed by atoms with Gasteiger partial charge in [-0.3, -0.25) is 4.90 Å². The molecule has 1 aromatic carbocycles. The zero-order valence-corrected chi connectivity index (χ0v) is 14.7. The number of carbonyl (C=O) groups is 2. The van der Waals surface area contributed by atoms with Gasteiger partial charge in [-0.1, -0.05) is 51.1 Å². The molecule has 1 N–H and O–H groups in total. The SMILES string of the molecule is CC(C)(C)CCC1(C(=O)O)CCCN1C(=O)OCc1ccccc1. The van der Waals surface area contributed by atoms with Crippen molar-refractivity contribution in [2.45, 2.75) is 58.6 Å². The van der Waals surface area contributed by atoms with Gasteiger partial charge in [0.05, 0.1) is 0 Å². The number of ether oxygens (including phenoxy) is 1. The van der Waals surface area contributed by atoms with E-state index in [1.54, 1.807) is 0 Å². The molecule has 132 valence electrons. The number of carbonyl (C=O) groups excluding carboxylic acids is 1. The van der Waals surface area contributed by atoms with Gasteiger partial charge in [0.2, 0.25) is 0 Å². The normalized spacial score (nSPS) is 20.9. The van der Waals surface area contributed by atoms with E-state index in [-0.39, 0.29) is 12.0 Å². The smallest absolute Gasteiger partial charge is 0.411 e. The Hall–Kier alpha value is -2.04. The van der Waals surface area contributed by atoms with Crippen LogP contribution >= 0.6 is 0 Å². The first kappa shape index (κ1) is 18.3. The van der Waals surface area contributed by atoms with Crippen LogP contribution in [0.15, 0.2) is 30.3 Å². The summed E-state index contributed by atoms with van der Waals surface area (Å²) in [7, 11) is 0. The predicted molar refractivity (Wildman–Crippen MR) is 91.6 cm³/mol. The van der Waals surface area contributed by atoms with Crippen molar-refractivity contribution in [2.24, 2.45) is 5.41 Å². The number of nitrogens with zero attached hydrogens (tertiary/aromatic N) is 1. The van der Waals surface area contributed by atoms with Crippen LogP contribution in [-0.2, 0) is 16.1 Å². The summed E-state index contributed by atoms with van der Waals surface area (Å²) in [6.45, 7) is 6.83. The number of carboxylic acids is 1. The molecule has 1 aliphatic heterocycles. The van der Waals surface area contributed by atoms with Gasteiger partial charge in [-0.15, -0.1) is 0 Å². The van der Waals surface area contributed by atoms with Crippen LogP contribution in [0.3, 0.4) is 0 Å². The Labute approximate surface area is 143 Å². The maximum absolute atomic E-state index is 12.5. The quantitative estimate of drug-likeness (QED) is 0.882. The minimum atomic E-state index is -1.14. The number of hydrogen-bond donors (Lipinski definition) is 1. The van der Waals surface area contributed by atoms with Gasteiger partial charge < -0.3 is 9.84 Å². The Balaban J connectivity index is 2.07. The van der Waals surface area contributed by atoms with E-state index in [2.05, 4.69) is 20.8 Å². The van der Waals surface area contributed by atoms with Crippen LogP contribution in [0.25, 0.3) is 0 Å². The third-order valence-electron chi connectivity index (χ3n) is 4.60. The van der Waals surface area contributed by atoms with Gasteiger partial charge in [0.1, 0.15) is 12.1 Å². The minimum Gasteiger partial charge on any atom is -0.479 e. The Kier molecular flexibility index (Phi) is 5.52. The Morgan fingerprint density at radius 1 is 1.25 bits per heavy atom. The summed E-state index contributed by atoms with van der Waals surface area (Å²) in [6, 6.07) is 9.41. The van der Waals surface area contributed by atoms with Gasteiger partial charge in [-0.25, -0.2) is 9.59 Å². The fourth-order valence-electron chi connectivity index (χ4n) is 3.11. The molecule has 5 nitrogen and oxygen atoms in total. The van der Waals surface area contributed by atoms with Crippen LogP contribution in [0.2, 0.25) is 0 Å². The molecular weight excluding hydrogens is 306 g/mol. The topological polar surface area (TPSA) is 66.8 Å². The Bertz CT molecular complexity index is 579. The molecule has 0 aliphatic carbocycles. The van der Waals surface area contributed by atoms with Crippen molar-refractivity contribution in [3.8, 4) is 0 Å². The number of likely N-dealkylation sites (tertiary alicyclic amines) is 1. The molecule has 2 rings (SSSR count). The molecule has 1 amide bonds. The highest BCUT2D eigenvalue weighted by Crippen LogP contribution is 2.37. The fraction of sp³-hybridized carbons (Fsp3) is 0.579. The first-order valence-electron chi connectivity index (χ1n) is 8.46. The van der Waals surface area contributed by atoms with Gasteiger partial charge in [-0.05, 0) is 36.7 Å². The standard InChI is InChI=1S/C19H27NO4/c1-18(2,3)11-12-19(16(21)22)10-7-13-20(19)17(23)24-14-15-8-5-4-6-9-15/h4-6,8-9H,7,10-14H2,1-3H3,(H,21,22). The third-order valence-corrected chi connectivity index (χ3v) is 4.60. The van der Waals surface area contributed by atoms with E-state index >= 15 is 0 Å². The molecule has 0 spiro atoms. The highest BCUT2D eigenvalue weighted by Gasteiger charge is 2.50. The number of carboxylic acid groups (broad SMARTS) is 1. The molecular formula is C19H27NO4. The molecule has 0 bridgehead atoms. The second-order valence-electron chi connectivity index (χ2n) is 7.69. The van der Waals surface area contributed by atoms with Crippen molar-refractivity contribution in [1.82, 2.24) is 4.90 Å². The summed E-state index contributed by atoms with van der Waals surface area (Å²) >= 11 is 0. The largest absolute Gasteiger partial charge is 0.479 e. The fourth-order valence-corrected chi connectivity index (χ4v) is 3.11. The molecule has 0 radical (unpaired) electrons. The highest BCUT2D eigenvalue weighted by atomic mass is 16.6. The number of hydrogen-bond acceptors (Lipinski definition) is 3. The summed E-state index contributed by atoms with van der Waals surface area (Å²) in [5.74, 6) is -0.930. The lowest BCUT2D eigenvalue weighted by Crippen LogP contribution is -2.53. The molecule has 1 fully saturated rings. The number of amides is 1. The third kappa shape index (κ3) is 4.28. The summed E-state index contributed by atoms with van der Waals surface area (Å²) in [6.07, 6.45) is 1.83. The summed E-state index contributed by atoms with van der Waals surface area (Å²) < 4.78 is 5.37. The van der Waals surface area contributed by atoms with Crippen LogP contribution in [0.1, 0.15) is 52.0 Å². The first-order valence-corrected chi connectivity index (χ1v) is 8.46. The van der Waals surface area contributed by atoms with Crippen LogP contribution in [-0.4, -0.2) is 34.2 Å². The van der Waals surface area contributed by atoms with Crippen molar-refractivity contribution in [3.05, 3.63) is 35.9 Å². The maximum atomic E-state index is 12.5. The zero-order valence-electron chi connectivity index (χ0n) is 14.7. The predicted octanol–water partition coefficient (Wildman–Crippen LogP) is 4.07. The second kappa shape index (κ2) is 7.24. The maximum Gasteiger partial charge on any atom is 0.411 e. The lowest BCUT2D eigenvalue weighted by molar-refractivity contribution is -0.149.